The number of aromatic nitrogens is 3. The molecule has 1 fully saturated rings. The number of hydrogen-bond donors (Lipinski definition) is 2. The number of aliphatic hydroxyl groups is 1. The van der Waals surface area contributed by atoms with Gasteiger partial charge in [-0.1, -0.05) is 24.8 Å². The molecule has 10 nitrogen and oxygen atoms in total. The largest absolute Gasteiger partial charge is 0.490 e. The molecule has 0 amide bonds. The second-order valence-electron chi connectivity index (χ2n) is 6.88. The highest BCUT2D eigenvalue weighted by atomic mass is 32.1. The fraction of sp³-hybridized carbons (Fsp3) is 0.529. The molecule has 4 atom stereocenters. The Morgan fingerprint density at radius 2 is 2.25 bits per heavy atom. The number of fused-ring (bicyclic) bond motifs is 1. The van der Waals surface area contributed by atoms with Crippen molar-refractivity contribution < 1.29 is 24.1 Å². The van der Waals surface area contributed by atoms with Crippen molar-refractivity contribution >= 4 is 33.6 Å². The van der Waals surface area contributed by atoms with Gasteiger partial charge in [0.2, 0.25) is 5.95 Å². The van der Waals surface area contributed by atoms with E-state index in [4.69, 9.17) is 19.9 Å². The van der Waals surface area contributed by atoms with Crippen LogP contribution < -0.4 is 10.6 Å². The molecule has 11 heteroatoms. The van der Waals surface area contributed by atoms with E-state index in [-0.39, 0.29) is 24.0 Å². The highest BCUT2D eigenvalue weighted by Gasteiger charge is 2.57. The number of nitrogen functional groups attached to an aromatic ring is 1. The Balaban J connectivity index is 2.11. The third-order valence-corrected chi connectivity index (χ3v) is 5.57. The second-order valence-corrected chi connectivity index (χ2v) is 7.87. The van der Waals surface area contributed by atoms with Crippen LogP contribution in [0.5, 0.6) is 0 Å². The van der Waals surface area contributed by atoms with E-state index in [0.29, 0.717) is 16.1 Å². The summed E-state index contributed by atoms with van der Waals surface area (Å²) in [6.07, 6.45) is -0.991. The van der Waals surface area contributed by atoms with Gasteiger partial charge in [-0.3, -0.25) is 14.2 Å². The lowest BCUT2D eigenvalue weighted by Gasteiger charge is -2.33. The first-order valence-electron chi connectivity index (χ1n) is 8.52. The molecule has 3 N–H and O–H groups in total. The van der Waals surface area contributed by atoms with Crippen molar-refractivity contribution in [2.75, 3.05) is 18.9 Å². The Labute approximate surface area is 164 Å². The van der Waals surface area contributed by atoms with Crippen LogP contribution in [0.4, 0.5) is 5.95 Å². The molecule has 152 valence electrons. The summed E-state index contributed by atoms with van der Waals surface area (Å²) >= 11 is 0.943. The van der Waals surface area contributed by atoms with Gasteiger partial charge in [0.05, 0.1) is 28.7 Å². The molecule has 2 aromatic heterocycles. The molecule has 1 saturated heterocycles. The van der Waals surface area contributed by atoms with Gasteiger partial charge < -0.3 is 25.1 Å². The van der Waals surface area contributed by atoms with Crippen molar-refractivity contribution in [2.45, 2.75) is 39.2 Å². The smallest absolute Gasteiger partial charge is 0.311 e. The van der Waals surface area contributed by atoms with Crippen molar-refractivity contribution in [3.63, 3.8) is 0 Å². The summed E-state index contributed by atoms with van der Waals surface area (Å²) in [6, 6.07) is 0. The summed E-state index contributed by atoms with van der Waals surface area (Å²) in [7, 11) is 0. The van der Waals surface area contributed by atoms with E-state index in [1.165, 1.54) is 17.7 Å². The molecule has 3 heterocycles. The average Bonchev–Trinajstić information content (AvgIpc) is 3.07. The number of nitrogens with zero attached hydrogens (tertiary/aromatic N) is 3. The van der Waals surface area contributed by atoms with E-state index in [1.54, 1.807) is 13.8 Å². The van der Waals surface area contributed by atoms with Gasteiger partial charge in [-0.25, -0.2) is 4.98 Å². The quantitative estimate of drug-likeness (QED) is 0.523. The van der Waals surface area contributed by atoms with Gasteiger partial charge in [0, 0.05) is 6.92 Å². The lowest BCUT2D eigenvalue weighted by Crippen LogP contribution is -2.44. The number of nitrogens with two attached hydrogens (primary N) is 1. The van der Waals surface area contributed by atoms with E-state index in [9.17, 15) is 14.7 Å². The number of ether oxygens (including phenoxy) is 3. The summed E-state index contributed by atoms with van der Waals surface area (Å²) in [5, 5.41) is 10.1. The first-order chi connectivity index (χ1) is 13.2. The molecular formula is C17H22N4O6S. The number of carbonyl (C=O) groups excluding carboxylic acids is 1. The normalized spacial score (nSPS) is 27.1. The highest BCUT2D eigenvalue weighted by Crippen LogP contribution is 2.46. The highest BCUT2D eigenvalue weighted by molar-refractivity contribution is 7.16. The monoisotopic (exact) mass is 410 g/mol. The zero-order valence-electron chi connectivity index (χ0n) is 15.7. The summed E-state index contributed by atoms with van der Waals surface area (Å²) in [6.45, 7) is 7.99. The van der Waals surface area contributed by atoms with Crippen LogP contribution in [0, 0.1) is 5.41 Å². The minimum Gasteiger partial charge on any atom is -0.490 e. The molecule has 28 heavy (non-hydrogen) atoms. The van der Waals surface area contributed by atoms with Crippen LogP contribution in [0.2, 0.25) is 0 Å². The van der Waals surface area contributed by atoms with Gasteiger partial charge in [-0.2, -0.15) is 4.98 Å². The summed E-state index contributed by atoms with van der Waals surface area (Å²) < 4.78 is 18.9. The van der Waals surface area contributed by atoms with Crippen molar-refractivity contribution in [3.8, 4) is 0 Å². The Morgan fingerprint density at radius 1 is 1.54 bits per heavy atom. The average molecular weight is 410 g/mol. The van der Waals surface area contributed by atoms with Gasteiger partial charge in [0.25, 0.3) is 0 Å². The minimum absolute atomic E-state index is 0.01000. The molecule has 0 bridgehead atoms. The van der Waals surface area contributed by atoms with Crippen LogP contribution in [-0.4, -0.2) is 51.0 Å². The van der Waals surface area contributed by atoms with Gasteiger partial charge >= 0.3 is 10.8 Å². The SMILES string of the molecule is C=C(C)O[C@H]1[C@H](n2c(=O)sc3cnc(N)nc32)O[C@H](COC(C)=O)[C@@]1(C)CO. The topological polar surface area (TPSA) is 139 Å². The third kappa shape index (κ3) is 3.48. The Kier molecular flexibility index (Phi) is 5.41. The summed E-state index contributed by atoms with van der Waals surface area (Å²) in [4.78, 5) is 31.7. The van der Waals surface area contributed by atoms with Crippen LogP contribution in [0.3, 0.4) is 0 Å². The van der Waals surface area contributed by atoms with Crippen molar-refractivity contribution in [2.24, 2.45) is 5.41 Å². The lowest BCUT2D eigenvalue weighted by atomic mass is 9.81. The van der Waals surface area contributed by atoms with Crippen LogP contribution >= 0.6 is 11.3 Å². The zero-order chi connectivity index (χ0) is 20.6. The van der Waals surface area contributed by atoms with Crippen LogP contribution in [0.25, 0.3) is 10.3 Å². The number of allylic oxidation sites excluding steroid dienone is 1. The number of esters is 1. The van der Waals surface area contributed by atoms with E-state index in [1.807, 2.05) is 0 Å². The van der Waals surface area contributed by atoms with Gasteiger partial charge in [-0.15, -0.1) is 0 Å². The van der Waals surface area contributed by atoms with Gasteiger partial charge in [0.15, 0.2) is 18.0 Å². The Morgan fingerprint density at radius 3 is 2.86 bits per heavy atom. The first kappa shape index (κ1) is 20.2. The lowest BCUT2D eigenvalue weighted by molar-refractivity contribution is -0.148. The number of carbonyl (C=O) groups is 1. The molecule has 3 rings (SSSR count). The van der Waals surface area contributed by atoms with E-state index >= 15 is 0 Å². The van der Waals surface area contributed by atoms with E-state index in [0.717, 1.165) is 11.3 Å². The maximum atomic E-state index is 12.7. The second kappa shape index (κ2) is 7.49. The summed E-state index contributed by atoms with van der Waals surface area (Å²) in [5.74, 6) is -0.0905. The molecule has 0 unspecified atom stereocenters. The van der Waals surface area contributed by atoms with Crippen molar-refractivity contribution in [1.82, 2.24) is 14.5 Å². The summed E-state index contributed by atoms with van der Waals surface area (Å²) in [5.41, 5.74) is 5.01. The van der Waals surface area contributed by atoms with Crippen LogP contribution in [-0.2, 0) is 19.0 Å². The van der Waals surface area contributed by atoms with Crippen molar-refractivity contribution in [3.05, 3.63) is 28.2 Å². The molecule has 0 saturated carbocycles. The van der Waals surface area contributed by atoms with Crippen LogP contribution in [0.15, 0.2) is 23.3 Å². The standard InChI is InChI=1S/C17H22N4O6S/c1-8(2)26-12-14(27-11(6-25-9(3)23)17(12,4)7-22)21-13-10(28-16(21)24)5-19-15(18)20-13/h5,11-12,14,22H,1,6-7H2,2-4H3,(H2,18,19,20)/t11-,12+,14-,17-/m1/s1. The number of hydrogen-bond acceptors (Lipinski definition) is 10. The Bertz CT molecular complexity index is 972. The number of anilines is 1. The number of rotatable bonds is 6. The molecule has 0 aromatic carbocycles. The molecule has 2 aromatic rings. The fourth-order valence-electron chi connectivity index (χ4n) is 3.20. The van der Waals surface area contributed by atoms with Crippen molar-refractivity contribution in [1.29, 1.82) is 0 Å². The number of aliphatic hydroxyl groups excluding tert-OH is 1. The molecule has 0 radical (unpaired) electrons. The first-order valence-corrected chi connectivity index (χ1v) is 9.34. The predicted molar refractivity (Wildman–Crippen MR) is 102 cm³/mol. The predicted octanol–water partition coefficient (Wildman–Crippen LogP) is 0.813. The molecule has 0 spiro atoms. The van der Waals surface area contributed by atoms with E-state index in [2.05, 4.69) is 16.5 Å². The van der Waals surface area contributed by atoms with E-state index < -0.39 is 29.8 Å². The van der Waals surface area contributed by atoms with Gasteiger partial charge in [0.1, 0.15) is 12.7 Å². The molecule has 1 aliphatic heterocycles. The third-order valence-electron chi connectivity index (χ3n) is 4.69. The van der Waals surface area contributed by atoms with Gasteiger partial charge in [-0.05, 0) is 6.92 Å². The molecular weight excluding hydrogens is 388 g/mol. The zero-order valence-corrected chi connectivity index (χ0v) is 16.6. The fourth-order valence-corrected chi connectivity index (χ4v) is 4.02. The maximum Gasteiger partial charge on any atom is 0.311 e. The molecule has 0 aliphatic carbocycles. The minimum atomic E-state index is -0.981. The van der Waals surface area contributed by atoms with Crippen LogP contribution in [0.1, 0.15) is 27.0 Å². The molecule has 1 aliphatic rings. The number of thiazole rings is 1. The Hall–Kier alpha value is -2.50. The maximum absolute atomic E-state index is 12.7.